The third-order valence-corrected chi connectivity index (χ3v) is 5.65. The molecule has 0 saturated heterocycles. The number of H-pyrrole nitrogens is 1. The molecule has 3 N–H and O–H groups in total. The Balaban J connectivity index is 0.00000146. The summed E-state index contributed by atoms with van der Waals surface area (Å²) in [5.74, 6) is 1.07. The van der Waals surface area contributed by atoms with Crippen LogP contribution in [0.3, 0.4) is 0 Å². The number of carbonyl (C=O) groups excluding carboxylic acids is 1. The van der Waals surface area contributed by atoms with Crippen molar-refractivity contribution in [3.05, 3.63) is 52.3 Å². The van der Waals surface area contributed by atoms with Crippen LogP contribution in [0.1, 0.15) is 45.2 Å². The van der Waals surface area contributed by atoms with Crippen molar-refractivity contribution in [3.63, 3.8) is 0 Å². The number of nitrogens with zero attached hydrogens (tertiary/aromatic N) is 1. The Hall–Kier alpha value is -1.85. The summed E-state index contributed by atoms with van der Waals surface area (Å²) in [6, 6.07) is 8.93. The third kappa shape index (κ3) is 2.34. The van der Waals surface area contributed by atoms with Crippen molar-refractivity contribution in [2.45, 2.75) is 37.8 Å². The summed E-state index contributed by atoms with van der Waals surface area (Å²) < 4.78 is 0. The molecule has 1 fully saturated rings. The first-order chi connectivity index (χ1) is 11.3. The first kappa shape index (κ1) is 15.7. The molecule has 2 heterocycles. The van der Waals surface area contributed by atoms with Crippen molar-refractivity contribution < 1.29 is 4.79 Å². The number of hydrogen-bond donors (Lipinski definition) is 3. The molecule has 2 aromatic rings. The van der Waals surface area contributed by atoms with Gasteiger partial charge in [0.15, 0.2) is 5.69 Å². The molecule has 0 bridgehead atoms. The molecule has 5 nitrogen and oxygen atoms in total. The van der Waals surface area contributed by atoms with Gasteiger partial charge in [-0.15, -0.1) is 12.4 Å². The van der Waals surface area contributed by atoms with E-state index in [0.717, 1.165) is 37.2 Å². The minimum atomic E-state index is -0.0249. The van der Waals surface area contributed by atoms with E-state index >= 15 is 0 Å². The lowest BCUT2D eigenvalue weighted by molar-refractivity contribution is 0.0942. The summed E-state index contributed by atoms with van der Waals surface area (Å²) in [6.45, 7) is 1.68. The van der Waals surface area contributed by atoms with Crippen LogP contribution >= 0.6 is 12.4 Å². The van der Waals surface area contributed by atoms with Crippen LogP contribution in [0.4, 0.5) is 0 Å². The lowest BCUT2D eigenvalue weighted by Gasteiger charge is -2.13. The fraction of sp³-hybridized carbons (Fsp3) is 0.444. The highest BCUT2D eigenvalue weighted by Crippen LogP contribution is 2.54. The van der Waals surface area contributed by atoms with Crippen molar-refractivity contribution >= 4 is 18.3 Å². The number of benzene rings is 1. The van der Waals surface area contributed by atoms with Crippen LogP contribution in [0, 0.1) is 5.92 Å². The van der Waals surface area contributed by atoms with Crippen LogP contribution in [0.15, 0.2) is 24.3 Å². The number of amides is 1. The number of fused-ring (bicyclic) bond motifs is 4. The first-order valence-electron chi connectivity index (χ1n) is 8.48. The molecule has 2 aliphatic carbocycles. The zero-order valence-corrected chi connectivity index (χ0v) is 14.2. The van der Waals surface area contributed by atoms with Crippen molar-refractivity contribution in [2.24, 2.45) is 5.92 Å². The molecule has 3 atom stereocenters. The SMILES string of the molecule is Cl.O=C(NC1C2CCc3ccccc3C21)c1n[nH]c2c1CNCC2. The quantitative estimate of drug-likeness (QED) is 0.779. The van der Waals surface area contributed by atoms with Crippen LogP contribution in [0.5, 0.6) is 0 Å². The first-order valence-corrected chi connectivity index (χ1v) is 8.48. The fourth-order valence-corrected chi connectivity index (χ4v) is 4.40. The Bertz CT molecular complexity index is 787. The van der Waals surface area contributed by atoms with Crippen molar-refractivity contribution in [2.75, 3.05) is 6.54 Å². The number of aryl methyl sites for hydroxylation is 1. The monoisotopic (exact) mass is 344 g/mol. The summed E-state index contributed by atoms with van der Waals surface area (Å²) in [5.41, 5.74) is 5.60. The molecule has 1 aliphatic heterocycles. The normalized spacial score (nSPS) is 26.4. The predicted molar refractivity (Wildman–Crippen MR) is 93.5 cm³/mol. The lowest BCUT2D eigenvalue weighted by atomic mass is 9.92. The van der Waals surface area contributed by atoms with Gasteiger partial charge in [-0.05, 0) is 29.9 Å². The number of carbonyl (C=O) groups is 1. The van der Waals surface area contributed by atoms with E-state index in [1.165, 1.54) is 17.5 Å². The topological polar surface area (TPSA) is 69.8 Å². The largest absolute Gasteiger partial charge is 0.347 e. The molecule has 5 rings (SSSR count). The van der Waals surface area contributed by atoms with Gasteiger partial charge in [0, 0.05) is 42.7 Å². The van der Waals surface area contributed by atoms with E-state index in [-0.39, 0.29) is 24.4 Å². The molecule has 1 aromatic carbocycles. The molecule has 6 heteroatoms. The Kier molecular flexibility index (Phi) is 3.85. The molecule has 1 aromatic heterocycles. The zero-order valence-electron chi connectivity index (χ0n) is 13.3. The molecule has 3 unspecified atom stereocenters. The van der Waals surface area contributed by atoms with Gasteiger partial charge in [0.25, 0.3) is 5.91 Å². The van der Waals surface area contributed by atoms with Crippen molar-refractivity contribution in [1.82, 2.24) is 20.8 Å². The smallest absolute Gasteiger partial charge is 0.272 e. The van der Waals surface area contributed by atoms with Gasteiger partial charge in [0.05, 0.1) is 0 Å². The number of rotatable bonds is 2. The number of nitrogens with one attached hydrogen (secondary N) is 3. The van der Waals surface area contributed by atoms with E-state index in [9.17, 15) is 4.79 Å². The molecular formula is C18H21ClN4O. The minimum absolute atomic E-state index is 0. The van der Waals surface area contributed by atoms with E-state index in [0.29, 0.717) is 17.5 Å². The lowest BCUT2D eigenvalue weighted by Crippen LogP contribution is -2.30. The maximum atomic E-state index is 12.7. The second-order valence-electron chi connectivity index (χ2n) is 6.88. The molecule has 0 spiro atoms. The van der Waals surface area contributed by atoms with Gasteiger partial charge >= 0.3 is 0 Å². The van der Waals surface area contributed by atoms with Crippen LogP contribution in [-0.4, -0.2) is 28.7 Å². The average Bonchev–Trinajstić information content (AvgIpc) is 3.12. The molecule has 0 radical (unpaired) electrons. The van der Waals surface area contributed by atoms with E-state index in [1.54, 1.807) is 0 Å². The maximum Gasteiger partial charge on any atom is 0.272 e. The van der Waals surface area contributed by atoms with E-state index in [4.69, 9.17) is 0 Å². The average molecular weight is 345 g/mol. The highest BCUT2D eigenvalue weighted by molar-refractivity contribution is 5.94. The van der Waals surface area contributed by atoms with Gasteiger partial charge in [0.1, 0.15) is 0 Å². The van der Waals surface area contributed by atoms with Crippen LogP contribution in [0.25, 0.3) is 0 Å². The summed E-state index contributed by atoms with van der Waals surface area (Å²) in [4.78, 5) is 12.7. The molecular weight excluding hydrogens is 324 g/mol. The van der Waals surface area contributed by atoms with Crippen LogP contribution in [0.2, 0.25) is 0 Å². The summed E-state index contributed by atoms with van der Waals surface area (Å²) >= 11 is 0. The maximum absolute atomic E-state index is 12.7. The number of hydrogen-bond acceptors (Lipinski definition) is 3. The van der Waals surface area contributed by atoms with E-state index < -0.39 is 0 Å². The van der Waals surface area contributed by atoms with E-state index in [1.807, 2.05) is 0 Å². The molecule has 3 aliphatic rings. The predicted octanol–water partition coefficient (Wildman–Crippen LogP) is 1.94. The highest BCUT2D eigenvalue weighted by Gasteiger charge is 2.54. The summed E-state index contributed by atoms with van der Waals surface area (Å²) in [5, 5.41) is 13.8. The third-order valence-electron chi connectivity index (χ3n) is 5.65. The van der Waals surface area contributed by atoms with Crippen LogP contribution < -0.4 is 10.6 Å². The molecule has 24 heavy (non-hydrogen) atoms. The highest BCUT2D eigenvalue weighted by atomic mass is 35.5. The number of aromatic amines is 1. The van der Waals surface area contributed by atoms with Crippen molar-refractivity contribution in [1.29, 1.82) is 0 Å². The Morgan fingerprint density at radius 3 is 3.04 bits per heavy atom. The fourth-order valence-electron chi connectivity index (χ4n) is 4.40. The second-order valence-corrected chi connectivity index (χ2v) is 6.88. The molecule has 126 valence electrons. The van der Waals surface area contributed by atoms with Crippen LogP contribution in [-0.2, 0) is 19.4 Å². The van der Waals surface area contributed by atoms with Gasteiger partial charge < -0.3 is 10.6 Å². The van der Waals surface area contributed by atoms with Gasteiger partial charge in [-0.3, -0.25) is 9.89 Å². The summed E-state index contributed by atoms with van der Waals surface area (Å²) in [7, 11) is 0. The minimum Gasteiger partial charge on any atom is -0.347 e. The summed E-state index contributed by atoms with van der Waals surface area (Å²) in [6.07, 6.45) is 3.22. The van der Waals surface area contributed by atoms with E-state index in [2.05, 4.69) is 45.1 Å². The van der Waals surface area contributed by atoms with Crippen molar-refractivity contribution in [3.8, 4) is 0 Å². The van der Waals surface area contributed by atoms with Gasteiger partial charge in [-0.25, -0.2) is 0 Å². The van der Waals surface area contributed by atoms with Gasteiger partial charge in [-0.2, -0.15) is 5.10 Å². The Morgan fingerprint density at radius 1 is 1.25 bits per heavy atom. The Labute approximate surface area is 147 Å². The standard InChI is InChI=1S/C18H20N4O.ClH/c23-18(17-13-9-19-8-7-14(13)21-22-17)20-16-12-6-5-10-3-1-2-4-11(10)15(12)16;/h1-4,12,15-16,19H,5-9H2,(H,20,23)(H,21,22);1H. The Morgan fingerprint density at radius 2 is 2.12 bits per heavy atom. The number of aromatic nitrogens is 2. The molecule has 1 amide bonds. The zero-order chi connectivity index (χ0) is 15.4. The van der Waals surface area contributed by atoms with Gasteiger partial charge in [-0.1, -0.05) is 24.3 Å². The second kappa shape index (κ2) is 5.90. The molecule has 1 saturated carbocycles. The van der Waals surface area contributed by atoms with Gasteiger partial charge in [0.2, 0.25) is 0 Å². The number of halogens is 1.